The second-order valence-electron chi connectivity index (χ2n) is 8.20. The van der Waals surface area contributed by atoms with Crippen molar-refractivity contribution in [2.24, 2.45) is 0 Å². The van der Waals surface area contributed by atoms with Crippen molar-refractivity contribution in [2.45, 2.75) is 39.8 Å². The number of nitrogens with zero attached hydrogens (tertiary/aromatic N) is 1. The van der Waals surface area contributed by atoms with Crippen LogP contribution in [0.2, 0.25) is 5.02 Å². The van der Waals surface area contributed by atoms with Crippen LogP contribution in [0, 0.1) is 13.8 Å². The van der Waals surface area contributed by atoms with E-state index in [1.165, 1.54) is 0 Å². The van der Waals surface area contributed by atoms with Crippen LogP contribution in [0.25, 0.3) is 0 Å². The number of ether oxygens (including phenoxy) is 1. The van der Waals surface area contributed by atoms with Gasteiger partial charge >= 0.3 is 0 Å². The summed E-state index contributed by atoms with van der Waals surface area (Å²) in [7, 11) is 0. The van der Waals surface area contributed by atoms with E-state index in [4.69, 9.17) is 16.3 Å². The number of benzene rings is 3. The van der Waals surface area contributed by atoms with Crippen molar-refractivity contribution in [2.75, 3.05) is 13.2 Å². The fraction of sp³-hybridized carbons (Fsp3) is 0.286. The molecule has 34 heavy (non-hydrogen) atoms. The first-order chi connectivity index (χ1) is 16.4. The van der Waals surface area contributed by atoms with Crippen LogP contribution in [-0.4, -0.2) is 35.9 Å². The minimum Gasteiger partial charge on any atom is -0.483 e. The number of carbonyl (C=O) groups is 2. The monoisotopic (exact) mass is 478 g/mol. The molecule has 0 aliphatic rings. The maximum Gasteiger partial charge on any atom is 0.261 e. The molecule has 0 saturated heterocycles. The van der Waals surface area contributed by atoms with Gasteiger partial charge in [0.1, 0.15) is 11.8 Å². The van der Waals surface area contributed by atoms with Crippen molar-refractivity contribution in [1.82, 2.24) is 10.2 Å². The summed E-state index contributed by atoms with van der Waals surface area (Å²) in [6.07, 6.45) is 0.381. The van der Waals surface area contributed by atoms with Gasteiger partial charge in [-0.15, -0.1) is 0 Å². The molecule has 1 N–H and O–H groups in total. The van der Waals surface area contributed by atoms with Crippen molar-refractivity contribution in [1.29, 1.82) is 0 Å². The number of carbonyl (C=O) groups excluding carboxylic acids is 2. The average Bonchev–Trinajstić information content (AvgIpc) is 2.84. The molecule has 0 bridgehead atoms. The Bertz CT molecular complexity index is 1120. The fourth-order valence-electron chi connectivity index (χ4n) is 3.76. The number of hydrogen-bond acceptors (Lipinski definition) is 3. The quantitative estimate of drug-likeness (QED) is 0.440. The summed E-state index contributed by atoms with van der Waals surface area (Å²) in [5, 5.41) is 3.43. The molecule has 0 aromatic heterocycles. The third kappa shape index (κ3) is 6.61. The first-order valence-electron chi connectivity index (χ1n) is 11.4. The number of halogens is 1. The van der Waals surface area contributed by atoms with Crippen LogP contribution in [0.5, 0.6) is 5.75 Å². The van der Waals surface area contributed by atoms with E-state index < -0.39 is 6.04 Å². The summed E-state index contributed by atoms with van der Waals surface area (Å²) in [5.41, 5.74) is 3.80. The predicted molar refractivity (Wildman–Crippen MR) is 136 cm³/mol. The highest BCUT2D eigenvalue weighted by Gasteiger charge is 2.31. The largest absolute Gasteiger partial charge is 0.483 e. The molecule has 2 amide bonds. The third-order valence-electron chi connectivity index (χ3n) is 5.83. The van der Waals surface area contributed by atoms with Gasteiger partial charge in [0.25, 0.3) is 5.91 Å². The van der Waals surface area contributed by atoms with Gasteiger partial charge in [-0.3, -0.25) is 9.59 Å². The molecule has 5 nitrogen and oxygen atoms in total. The van der Waals surface area contributed by atoms with Gasteiger partial charge < -0.3 is 15.0 Å². The molecule has 178 valence electrons. The molecule has 0 heterocycles. The summed E-state index contributed by atoms with van der Waals surface area (Å²) < 4.78 is 5.91. The van der Waals surface area contributed by atoms with E-state index in [2.05, 4.69) is 5.32 Å². The summed E-state index contributed by atoms with van der Waals surface area (Å²) in [4.78, 5) is 28.3. The second-order valence-corrected chi connectivity index (χ2v) is 8.61. The van der Waals surface area contributed by atoms with Gasteiger partial charge in [-0.1, -0.05) is 72.3 Å². The summed E-state index contributed by atoms with van der Waals surface area (Å²) in [5.74, 6) is 0.162. The van der Waals surface area contributed by atoms with E-state index in [0.717, 1.165) is 22.3 Å². The number of aryl methyl sites for hydroxylation is 1. The Labute approximate surface area is 206 Å². The van der Waals surface area contributed by atoms with E-state index in [0.29, 0.717) is 23.7 Å². The Morgan fingerprint density at radius 1 is 0.971 bits per heavy atom. The first kappa shape index (κ1) is 25.3. The third-order valence-corrected chi connectivity index (χ3v) is 6.20. The van der Waals surface area contributed by atoms with Crippen LogP contribution >= 0.6 is 11.6 Å². The lowest BCUT2D eigenvalue weighted by atomic mass is 10.0. The minimum atomic E-state index is -0.715. The van der Waals surface area contributed by atoms with Crippen LogP contribution in [0.4, 0.5) is 0 Å². The molecular formula is C28H31ClN2O3. The molecule has 0 spiro atoms. The molecule has 0 aliphatic carbocycles. The standard InChI is InChI=1S/C28H31ClN2O3/c1-4-30-28(33)25(17-22-12-6-5-7-13-22)31(18-23-14-8-9-15-24(23)29)27(32)19-34-26-16-10-11-20(2)21(26)3/h5-16,25H,4,17-19H2,1-3H3,(H,30,33)/t25-/m1/s1. The predicted octanol–water partition coefficient (Wildman–Crippen LogP) is 5.11. The normalized spacial score (nSPS) is 11.5. The Hall–Kier alpha value is -3.31. The number of likely N-dealkylation sites (N-methyl/N-ethyl adjacent to an activating group) is 1. The molecule has 1 atom stereocenters. The first-order valence-corrected chi connectivity index (χ1v) is 11.8. The summed E-state index contributed by atoms with van der Waals surface area (Å²) >= 11 is 6.42. The Morgan fingerprint density at radius 2 is 1.68 bits per heavy atom. The number of rotatable bonds is 10. The minimum absolute atomic E-state index is 0.181. The Balaban J connectivity index is 1.92. The maximum absolute atomic E-state index is 13.5. The number of nitrogens with one attached hydrogen (secondary N) is 1. The van der Waals surface area contributed by atoms with Crippen LogP contribution in [0.1, 0.15) is 29.2 Å². The van der Waals surface area contributed by atoms with Crippen molar-refractivity contribution in [3.63, 3.8) is 0 Å². The van der Waals surface area contributed by atoms with Gasteiger partial charge in [0.2, 0.25) is 5.91 Å². The van der Waals surface area contributed by atoms with Gasteiger partial charge in [-0.25, -0.2) is 0 Å². The fourth-order valence-corrected chi connectivity index (χ4v) is 3.95. The van der Waals surface area contributed by atoms with Crippen LogP contribution in [0.3, 0.4) is 0 Å². The van der Waals surface area contributed by atoms with E-state index in [1.807, 2.05) is 87.5 Å². The zero-order valence-electron chi connectivity index (χ0n) is 19.9. The second kappa shape index (κ2) is 12.2. The van der Waals surface area contributed by atoms with Gasteiger partial charge in [-0.05, 0) is 55.2 Å². The molecule has 0 saturated carbocycles. The lowest BCUT2D eigenvalue weighted by Gasteiger charge is -2.31. The molecule has 0 unspecified atom stereocenters. The highest BCUT2D eigenvalue weighted by atomic mass is 35.5. The van der Waals surface area contributed by atoms with E-state index in [1.54, 1.807) is 11.0 Å². The van der Waals surface area contributed by atoms with Gasteiger partial charge in [0, 0.05) is 24.5 Å². The number of hydrogen-bond donors (Lipinski definition) is 1. The zero-order chi connectivity index (χ0) is 24.5. The molecule has 0 aliphatic heterocycles. The van der Waals surface area contributed by atoms with Gasteiger partial charge in [0.15, 0.2) is 6.61 Å². The van der Waals surface area contributed by atoms with E-state index in [9.17, 15) is 9.59 Å². The Morgan fingerprint density at radius 3 is 2.38 bits per heavy atom. The van der Waals surface area contributed by atoms with Crippen LogP contribution in [-0.2, 0) is 22.6 Å². The van der Waals surface area contributed by atoms with E-state index in [-0.39, 0.29) is 25.0 Å². The van der Waals surface area contributed by atoms with Crippen molar-refractivity contribution < 1.29 is 14.3 Å². The topological polar surface area (TPSA) is 58.6 Å². The molecule has 0 radical (unpaired) electrons. The SMILES string of the molecule is CCNC(=O)[C@@H](Cc1ccccc1)N(Cc1ccccc1Cl)C(=O)COc1cccc(C)c1C. The van der Waals surface area contributed by atoms with E-state index >= 15 is 0 Å². The van der Waals surface area contributed by atoms with Crippen LogP contribution < -0.4 is 10.1 Å². The Kier molecular flexibility index (Phi) is 9.11. The lowest BCUT2D eigenvalue weighted by molar-refractivity contribution is -0.142. The van der Waals surface area contributed by atoms with Crippen LogP contribution in [0.15, 0.2) is 72.8 Å². The lowest BCUT2D eigenvalue weighted by Crippen LogP contribution is -2.51. The average molecular weight is 479 g/mol. The smallest absolute Gasteiger partial charge is 0.261 e. The molecular weight excluding hydrogens is 448 g/mol. The van der Waals surface area contributed by atoms with Crippen molar-refractivity contribution in [3.8, 4) is 5.75 Å². The molecule has 3 aromatic rings. The van der Waals surface area contributed by atoms with Gasteiger partial charge in [-0.2, -0.15) is 0 Å². The summed E-state index contributed by atoms with van der Waals surface area (Å²) in [6.45, 7) is 6.31. The molecule has 3 aromatic carbocycles. The van der Waals surface area contributed by atoms with Gasteiger partial charge in [0.05, 0.1) is 0 Å². The molecule has 3 rings (SSSR count). The van der Waals surface area contributed by atoms with Crippen molar-refractivity contribution in [3.05, 3.63) is 100 Å². The number of amides is 2. The molecule has 6 heteroatoms. The highest BCUT2D eigenvalue weighted by molar-refractivity contribution is 6.31. The zero-order valence-corrected chi connectivity index (χ0v) is 20.6. The summed E-state index contributed by atoms with van der Waals surface area (Å²) in [6, 6.07) is 22.1. The highest BCUT2D eigenvalue weighted by Crippen LogP contribution is 2.23. The maximum atomic E-state index is 13.5. The van der Waals surface area contributed by atoms with Crippen molar-refractivity contribution >= 4 is 23.4 Å². The molecule has 0 fully saturated rings.